The summed E-state index contributed by atoms with van der Waals surface area (Å²) in [5.41, 5.74) is 0.211. The maximum absolute atomic E-state index is 12.9. The fourth-order valence-electron chi connectivity index (χ4n) is 2.88. The second-order valence-corrected chi connectivity index (χ2v) is 9.45. The summed E-state index contributed by atoms with van der Waals surface area (Å²) in [6.45, 7) is 1.20. The molecule has 0 spiro atoms. The van der Waals surface area contributed by atoms with Crippen molar-refractivity contribution in [2.45, 2.75) is 9.79 Å². The molecule has 2 aromatic carbocycles. The smallest absolute Gasteiger partial charge is 0.269 e. The van der Waals surface area contributed by atoms with Gasteiger partial charge in [-0.15, -0.1) is 11.8 Å². The molecule has 1 heterocycles. The quantitative estimate of drug-likeness (QED) is 0.356. The molecule has 0 radical (unpaired) electrons. The van der Waals surface area contributed by atoms with Crippen LogP contribution in [0, 0.1) is 10.1 Å². The summed E-state index contributed by atoms with van der Waals surface area (Å²) in [5.74, 6) is -0.0151. The fraction of sp³-hybridized carbons (Fsp3) is 0.316. The lowest BCUT2D eigenvalue weighted by molar-refractivity contribution is -0.384. The number of non-ortho nitro benzene ring substituents is 1. The van der Waals surface area contributed by atoms with E-state index >= 15 is 0 Å². The van der Waals surface area contributed by atoms with E-state index < -0.39 is 14.9 Å². The van der Waals surface area contributed by atoms with Crippen LogP contribution in [0.25, 0.3) is 0 Å². The Morgan fingerprint density at radius 3 is 2.52 bits per heavy atom. The largest absolute Gasteiger partial charge is 0.495 e. The highest BCUT2D eigenvalue weighted by Crippen LogP contribution is 2.30. The molecule has 12 heteroatoms. The van der Waals surface area contributed by atoms with Crippen molar-refractivity contribution in [1.82, 2.24) is 4.31 Å². The lowest BCUT2D eigenvalue weighted by Gasteiger charge is -2.26. The highest BCUT2D eigenvalue weighted by molar-refractivity contribution is 8.00. The number of methoxy groups -OCH3 is 1. The minimum absolute atomic E-state index is 0.0292. The van der Waals surface area contributed by atoms with E-state index in [0.717, 1.165) is 0 Å². The fourth-order valence-corrected chi connectivity index (χ4v) is 5.01. The number of nitro benzene ring substituents is 1. The zero-order chi connectivity index (χ0) is 22.4. The van der Waals surface area contributed by atoms with Gasteiger partial charge < -0.3 is 14.8 Å². The third-order valence-electron chi connectivity index (χ3n) is 4.47. The number of benzene rings is 2. The highest BCUT2D eigenvalue weighted by atomic mass is 32.2. The topological polar surface area (TPSA) is 128 Å². The zero-order valence-electron chi connectivity index (χ0n) is 16.6. The normalized spacial score (nSPS) is 14.7. The number of carbonyl (C=O) groups excluding carboxylic acids is 1. The van der Waals surface area contributed by atoms with Crippen LogP contribution in [0.4, 0.5) is 11.4 Å². The van der Waals surface area contributed by atoms with Gasteiger partial charge in [-0.1, -0.05) is 0 Å². The number of hydrogen-bond donors (Lipinski definition) is 1. The number of carbonyl (C=O) groups is 1. The van der Waals surface area contributed by atoms with Crippen LogP contribution < -0.4 is 10.1 Å². The van der Waals surface area contributed by atoms with Gasteiger partial charge >= 0.3 is 0 Å². The third kappa shape index (κ3) is 5.73. The van der Waals surface area contributed by atoms with Crippen molar-refractivity contribution in [1.29, 1.82) is 0 Å². The average molecular weight is 468 g/mol. The third-order valence-corrected chi connectivity index (χ3v) is 7.38. The number of nitro groups is 1. The second-order valence-electron chi connectivity index (χ2n) is 6.47. The highest BCUT2D eigenvalue weighted by Gasteiger charge is 2.27. The van der Waals surface area contributed by atoms with Crippen molar-refractivity contribution in [2.24, 2.45) is 0 Å². The number of nitrogens with one attached hydrogen (secondary N) is 1. The molecule has 166 valence electrons. The molecule has 0 aromatic heterocycles. The number of anilines is 1. The van der Waals surface area contributed by atoms with Gasteiger partial charge in [-0.05, 0) is 30.3 Å². The minimum atomic E-state index is -3.73. The lowest BCUT2D eigenvalue weighted by atomic mass is 10.3. The Kier molecular flexibility index (Phi) is 7.49. The summed E-state index contributed by atoms with van der Waals surface area (Å²) in [6, 6.07) is 10.2. The number of rotatable bonds is 8. The molecule has 1 aliphatic heterocycles. The Bertz CT molecular complexity index is 1050. The Hall–Kier alpha value is -2.67. The number of hydrogen-bond acceptors (Lipinski definition) is 8. The summed E-state index contributed by atoms with van der Waals surface area (Å²) in [5, 5.41) is 13.4. The van der Waals surface area contributed by atoms with Crippen molar-refractivity contribution in [3.63, 3.8) is 0 Å². The predicted molar refractivity (Wildman–Crippen MR) is 115 cm³/mol. The van der Waals surface area contributed by atoms with Gasteiger partial charge in [-0.2, -0.15) is 4.31 Å². The molecule has 2 aromatic rings. The first kappa shape index (κ1) is 23.0. The van der Waals surface area contributed by atoms with Crippen LogP contribution in [-0.4, -0.2) is 62.7 Å². The van der Waals surface area contributed by atoms with E-state index in [2.05, 4.69) is 5.32 Å². The summed E-state index contributed by atoms with van der Waals surface area (Å²) < 4.78 is 37.5. The van der Waals surface area contributed by atoms with Gasteiger partial charge in [-0.3, -0.25) is 14.9 Å². The molecule has 1 saturated heterocycles. The number of sulfonamides is 1. The van der Waals surface area contributed by atoms with Gasteiger partial charge in [0.05, 0.1) is 41.6 Å². The van der Waals surface area contributed by atoms with E-state index in [1.165, 1.54) is 53.5 Å². The standard InChI is InChI=1S/C19H21N3O7S2/c1-28-18-7-6-16(31(26,27)21-8-10-29-11-9-21)12-17(18)20-19(23)13-30-15-4-2-14(3-5-15)22(24)25/h2-7,12H,8-11,13H2,1H3,(H,20,23). The molecule has 1 fully saturated rings. The van der Waals surface area contributed by atoms with Gasteiger partial charge in [0.25, 0.3) is 5.69 Å². The van der Waals surface area contributed by atoms with Gasteiger partial charge in [0, 0.05) is 30.1 Å². The minimum Gasteiger partial charge on any atom is -0.495 e. The van der Waals surface area contributed by atoms with Crippen LogP contribution in [0.15, 0.2) is 52.3 Å². The molecule has 10 nitrogen and oxygen atoms in total. The van der Waals surface area contributed by atoms with Crippen molar-refractivity contribution < 1.29 is 27.6 Å². The van der Waals surface area contributed by atoms with Crippen LogP contribution in [-0.2, 0) is 19.6 Å². The van der Waals surface area contributed by atoms with E-state index in [0.29, 0.717) is 23.9 Å². The van der Waals surface area contributed by atoms with Crippen LogP contribution in [0.5, 0.6) is 5.75 Å². The molecule has 31 heavy (non-hydrogen) atoms. The first-order chi connectivity index (χ1) is 14.8. The molecule has 1 N–H and O–H groups in total. The van der Waals surface area contributed by atoms with Crippen molar-refractivity contribution in [3.8, 4) is 5.75 Å². The zero-order valence-corrected chi connectivity index (χ0v) is 18.3. The average Bonchev–Trinajstić information content (AvgIpc) is 2.78. The van der Waals surface area contributed by atoms with Crippen LogP contribution in [0.3, 0.4) is 0 Å². The molecule has 0 bridgehead atoms. The van der Waals surface area contributed by atoms with Gasteiger partial charge in [0.15, 0.2) is 0 Å². The number of nitrogens with zero attached hydrogens (tertiary/aromatic N) is 2. The number of morpholine rings is 1. The Balaban J connectivity index is 1.70. The molecular formula is C19H21N3O7S2. The van der Waals surface area contributed by atoms with Gasteiger partial charge in [-0.25, -0.2) is 8.42 Å². The number of amides is 1. The summed E-state index contributed by atoms with van der Waals surface area (Å²) in [7, 11) is -2.30. The monoisotopic (exact) mass is 467 g/mol. The van der Waals surface area contributed by atoms with Crippen LogP contribution in [0.2, 0.25) is 0 Å². The van der Waals surface area contributed by atoms with Crippen molar-refractivity contribution >= 4 is 39.1 Å². The van der Waals surface area contributed by atoms with Gasteiger partial charge in [0.2, 0.25) is 15.9 Å². The molecule has 3 rings (SSSR count). The van der Waals surface area contributed by atoms with E-state index in [9.17, 15) is 23.3 Å². The predicted octanol–water partition coefficient (Wildman–Crippen LogP) is 2.36. The molecule has 0 aliphatic carbocycles. The summed E-state index contributed by atoms with van der Waals surface area (Å²) >= 11 is 1.20. The lowest BCUT2D eigenvalue weighted by Crippen LogP contribution is -2.40. The van der Waals surface area contributed by atoms with E-state index in [1.54, 1.807) is 12.1 Å². The first-order valence-electron chi connectivity index (χ1n) is 9.24. The van der Waals surface area contributed by atoms with Crippen LogP contribution in [0.1, 0.15) is 0 Å². The molecular weight excluding hydrogens is 446 g/mol. The maximum Gasteiger partial charge on any atom is 0.269 e. The summed E-state index contributed by atoms with van der Waals surface area (Å²) in [6.07, 6.45) is 0. The number of ether oxygens (including phenoxy) is 2. The maximum atomic E-state index is 12.9. The molecule has 0 atom stereocenters. The Morgan fingerprint density at radius 1 is 1.23 bits per heavy atom. The van der Waals surface area contributed by atoms with E-state index in [-0.39, 0.29) is 41.0 Å². The molecule has 0 unspecified atom stereocenters. The second kappa shape index (κ2) is 10.1. The molecule has 1 amide bonds. The SMILES string of the molecule is COc1ccc(S(=O)(=O)N2CCOCC2)cc1NC(=O)CSc1ccc([N+](=O)[O-])cc1. The van der Waals surface area contributed by atoms with Gasteiger partial charge in [0.1, 0.15) is 5.75 Å². The Morgan fingerprint density at radius 2 is 1.90 bits per heavy atom. The molecule has 1 aliphatic rings. The van der Waals surface area contributed by atoms with Crippen molar-refractivity contribution in [2.75, 3.05) is 44.5 Å². The summed E-state index contributed by atoms with van der Waals surface area (Å²) in [4.78, 5) is 23.4. The van der Waals surface area contributed by atoms with E-state index in [4.69, 9.17) is 9.47 Å². The number of thioether (sulfide) groups is 1. The van der Waals surface area contributed by atoms with E-state index in [1.807, 2.05) is 0 Å². The Labute approximate surface area is 183 Å². The first-order valence-corrected chi connectivity index (χ1v) is 11.7. The molecule has 0 saturated carbocycles. The van der Waals surface area contributed by atoms with Crippen LogP contribution >= 0.6 is 11.8 Å². The van der Waals surface area contributed by atoms with Crippen molar-refractivity contribution in [3.05, 3.63) is 52.6 Å².